The first kappa shape index (κ1) is 13.5. The molecule has 3 rings (SSSR count). The van der Waals surface area contributed by atoms with Crippen LogP contribution in [0.4, 0.5) is 0 Å². The minimum atomic E-state index is 0.275. The van der Waals surface area contributed by atoms with Crippen molar-refractivity contribution >= 4 is 11.6 Å². The van der Waals surface area contributed by atoms with Crippen LogP contribution in [0.15, 0.2) is 24.3 Å². The molecule has 1 nitrogen and oxygen atoms in total. The molecule has 0 aromatic heterocycles. The van der Waals surface area contributed by atoms with Crippen molar-refractivity contribution in [3.8, 4) is 0 Å². The Morgan fingerprint density at radius 2 is 1.74 bits per heavy atom. The number of hydrogen-bond donors (Lipinski definition) is 1. The second kappa shape index (κ2) is 5.85. The topological polar surface area (TPSA) is 12.0 Å². The predicted molar refractivity (Wildman–Crippen MR) is 81.9 cm³/mol. The highest BCUT2D eigenvalue weighted by molar-refractivity contribution is 6.31. The quantitative estimate of drug-likeness (QED) is 0.788. The summed E-state index contributed by atoms with van der Waals surface area (Å²) in [6, 6.07) is 9.28. The fourth-order valence-corrected chi connectivity index (χ4v) is 3.80. The van der Waals surface area contributed by atoms with Crippen LogP contribution in [0.5, 0.6) is 0 Å². The Hall–Kier alpha value is -0.530. The molecule has 1 aromatic rings. The summed E-state index contributed by atoms with van der Waals surface area (Å²) in [4.78, 5) is 0. The third-order valence-electron chi connectivity index (χ3n) is 4.81. The zero-order valence-electron chi connectivity index (χ0n) is 11.6. The highest BCUT2D eigenvalue weighted by Gasteiger charge is 2.35. The smallest absolute Gasteiger partial charge is 0.0444 e. The van der Waals surface area contributed by atoms with E-state index >= 15 is 0 Å². The summed E-state index contributed by atoms with van der Waals surface area (Å²) in [5.74, 6) is 0. The van der Waals surface area contributed by atoms with Crippen molar-refractivity contribution in [3.63, 3.8) is 0 Å². The summed E-state index contributed by atoms with van der Waals surface area (Å²) < 4.78 is 0. The van der Waals surface area contributed by atoms with Crippen molar-refractivity contribution in [2.75, 3.05) is 6.54 Å². The molecule has 0 radical (unpaired) electrons. The van der Waals surface area contributed by atoms with E-state index in [1.165, 1.54) is 56.9 Å². The van der Waals surface area contributed by atoms with E-state index in [-0.39, 0.29) is 5.41 Å². The molecule has 0 aliphatic heterocycles. The molecule has 2 saturated carbocycles. The van der Waals surface area contributed by atoms with Crippen molar-refractivity contribution in [1.82, 2.24) is 5.32 Å². The van der Waals surface area contributed by atoms with Crippen molar-refractivity contribution < 1.29 is 0 Å². The second-order valence-electron chi connectivity index (χ2n) is 6.33. The van der Waals surface area contributed by atoms with Crippen molar-refractivity contribution in [1.29, 1.82) is 0 Å². The van der Waals surface area contributed by atoms with Crippen molar-refractivity contribution in [2.24, 2.45) is 0 Å². The zero-order chi connectivity index (χ0) is 13.1. The lowest BCUT2D eigenvalue weighted by atomic mass is 9.74. The second-order valence-corrected chi connectivity index (χ2v) is 6.74. The number of halogens is 1. The molecule has 0 heterocycles. The SMILES string of the molecule is Clc1ccccc1C1(CNC2CC2)CCCCCC1. The van der Waals surface area contributed by atoms with Gasteiger partial charge in [0.05, 0.1) is 0 Å². The van der Waals surface area contributed by atoms with E-state index in [2.05, 4.69) is 23.5 Å². The van der Waals surface area contributed by atoms with Crippen LogP contribution in [0.2, 0.25) is 5.02 Å². The van der Waals surface area contributed by atoms with Gasteiger partial charge < -0.3 is 5.32 Å². The molecule has 0 bridgehead atoms. The lowest BCUT2D eigenvalue weighted by Gasteiger charge is -2.35. The number of benzene rings is 1. The Balaban J connectivity index is 1.86. The van der Waals surface area contributed by atoms with E-state index in [0.29, 0.717) is 0 Å². The van der Waals surface area contributed by atoms with Crippen LogP contribution in [0.25, 0.3) is 0 Å². The summed E-state index contributed by atoms with van der Waals surface area (Å²) in [7, 11) is 0. The third kappa shape index (κ3) is 3.14. The summed E-state index contributed by atoms with van der Waals surface area (Å²) in [5, 5.41) is 4.72. The van der Waals surface area contributed by atoms with Crippen LogP contribution >= 0.6 is 11.6 Å². The summed E-state index contributed by atoms with van der Waals surface area (Å²) in [6.07, 6.45) is 10.8. The Labute approximate surface area is 121 Å². The van der Waals surface area contributed by atoms with Gasteiger partial charge in [-0.05, 0) is 37.3 Å². The molecule has 2 aliphatic carbocycles. The first-order valence-electron chi connectivity index (χ1n) is 7.79. The van der Waals surface area contributed by atoms with Gasteiger partial charge in [-0.2, -0.15) is 0 Å². The lowest BCUT2D eigenvalue weighted by molar-refractivity contribution is 0.346. The zero-order valence-corrected chi connectivity index (χ0v) is 12.4. The van der Waals surface area contributed by atoms with Crippen LogP contribution in [-0.4, -0.2) is 12.6 Å². The van der Waals surface area contributed by atoms with Crippen LogP contribution < -0.4 is 5.32 Å². The Morgan fingerprint density at radius 3 is 2.37 bits per heavy atom. The normalized spacial score (nSPS) is 23.0. The molecule has 0 unspecified atom stereocenters. The molecule has 0 atom stereocenters. The van der Waals surface area contributed by atoms with Gasteiger partial charge in [-0.25, -0.2) is 0 Å². The molecule has 2 aliphatic rings. The van der Waals surface area contributed by atoms with E-state index in [9.17, 15) is 0 Å². The molecule has 1 N–H and O–H groups in total. The van der Waals surface area contributed by atoms with Gasteiger partial charge in [0.15, 0.2) is 0 Å². The van der Waals surface area contributed by atoms with Crippen molar-refractivity contribution in [3.05, 3.63) is 34.9 Å². The van der Waals surface area contributed by atoms with Gasteiger partial charge in [0.25, 0.3) is 0 Å². The Kier molecular flexibility index (Phi) is 4.14. The maximum Gasteiger partial charge on any atom is 0.0444 e. The van der Waals surface area contributed by atoms with E-state index in [1.807, 2.05) is 6.07 Å². The molecule has 1 aromatic carbocycles. The Morgan fingerprint density at radius 1 is 1.05 bits per heavy atom. The molecule has 2 fully saturated rings. The minimum Gasteiger partial charge on any atom is -0.313 e. The Bertz CT molecular complexity index is 417. The number of nitrogens with one attached hydrogen (secondary N) is 1. The third-order valence-corrected chi connectivity index (χ3v) is 5.14. The molecular weight excluding hydrogens is 254 g/mol. The highest BCUT2D eigenvalue weighted by atomic mass is 35.5. The molecule has 0 spiro atoms. The van der Waals surface area contributed by atoms with Gasteiger partial charge in [-0.1, -0.05) is 55.5 Å². The monoisotopic (exact) mass is 277 g/mol. The maximum absolute atomic E-state index is 6.50. The average Bonchev–Trinajstić information content (AvgIpc) is 3.25. The molecule has 0 saturated heterocycles. The van der Waals surface area contributed by atoms with Crippen LogP contribution in [0, 0.1) is 0 Å². The van der Waals surface area contributed by atoms with Crippen LogP contribution in [0.1, 0.15) is 56.9 Å². The van der Waals surface area contributed by atoms with Gasteiger partial charge >= 0.3 is 0 Å². The predicted octanol–water partition coefficient (Wildman–Crippen LogP) is 4.68. The maximum atomic E-state index is 6.50. The molecule has 104 valence electrons. The number of hydrogen-bond acceptors (Lipinski definition) is 1. The fourth-order valence-electron chi connectivity index (χ4n) is 3.47. The lowest BCUT2D eigenvalue weighted by Crippen LogP contribution is -2.39. The molecule has 19 heavy (non-hydrogen) atoms. The van der Waals surface area contributed by atoms with E-state index in [4.69, 9.17) is 11.6 Å². The highest BCUT2D eigenvalue weighted by Crippen LogP contribution is 2.41. The number of rotatable bonds is 4. The average molecular weight is 278 g/mol. The largest absolute Gasteiger partial charge is 0.313 e. The van der Waals surface area contributed by atoms with Crippen LogP contribution in [-0.2, 0) is 5.41 Å². The molecule has 2 heteroatoms. The van der Waals surface area contributed by atoms with Gasteiger partial charge in [-0.15, -0.1) is 0 Å². The van der Waals surface area contributed by atoms with Gasteiger partial charge in [0, 0.05) is 23.0 Å². The summed E-state index contributed by atoms with van der Waals surface area (Å²) in [6.45, 7) is 1.11. The van der Waals surface area contributed by atoms with Gasteiger partial charge in [0.2, 0.25) is 0 Å². The minimum absolute atomic E-state index is 0.275. The van der Waals surface area contributed by atoms with E-state index in [1.54, 1.807) is 0 Å². The standard InChI is InChI=1S/C17H24ClN/c18-16-8-4-3-7-15(16)17(13-19-14-9-10-14)11-5-1-2-6-12-17/h3-4,7-8,14,19H,1-2,5-6,9-13H2. The van der Waals surface area contributed by atoms with Gasteiger partial charge in [-0.3, -0.25) is 0 Å². The van der Waals surface area contributed by atoms with E-state index < -0.39 is 0 Å². The molecular formula is C17H24ClN. The van der Waals surface area contributed by atoms with Crippen molar-refractivity contribution in [2.45, 2.75) is 62.8 Å². The van der Waals surface area contributed by atoms with Crippen LogP contribution in [0.3, 0.4) is 0 Å². The van der Waals surface area contributed by atoms with E-state index in [0.717, 1.165) is 17.6 Å². The molecule has 0 amide bonds. The van der Waals surface area contributed by atoms with Gasteiger partial charge in [0.1, 0.15) is 0 Å². The summed E-state index contributed by atoms with van der Waals surface area (Å²) in [5.41, 5.74) is 1.66. The first-order chi connectivity index (χ1) is 9.30. The first-order valence-corrected chi connectivity index (χ1v) is 8.16. The fraction of sp³-hybridized carbons (Fsp3) is 0.647. The summed E-state index contributed by atoms with van der Waals surface area (Å²) >= 11 is 6.50.